The maximum atomic E-state index is 12.7. The summed E-state index contributed by atoms with van der Waals surface area (Å²) in [4.78, 5) is 26.2. The first-order valence-electron chi connectivity index (χ1n) is 9.18. The van der Waals surface area contributed by atoms with Crippen molar-refractivity contribution in [1.82, 2.24) is 10.6 Å². The van der Waals surface area contributed by atoms with Crippen molar-refractivity contribution in [2.75, 3.05) is 18.5 Å². The molecule has 27 heavy (non-hydrogen) atoms. The van der Waals surface area contributed by atoms with Crippen molar-refractivity contribution in [3.63, 3.8) is 0 Å². The summed E-state index contributed by atoms with van der Waals surface area (Å²) in [7, 11) is 2.09. The number of benzene rings is 2. The van der Waals surface area contributed by atoms with Crippen LogP contribution >= 0.6 is 0 Å². The lowest BCUT2D eigenvalue weighted by Gasteiger charge is -2.22. The Morgan fingerprint density at radius 3 is 2.67 bits per heavy atom. The first kappa shape index (κ1) is 18.7. The van der Waals surface area contributed by atoms with Gasteiger partial charge in [0.15, 0.2) is 0 Å². The number of nitrogens with one attached hydrogen (secondary N) is 2. The van der Waals surface area contributed by atoms with Gasteiger partial charge in [-0.15, -0.1) is 0 Å². The third-order valence-electron chi connectivity index (χ3n) is 4.88. The zero-order chi connectivity index (χ0) is 19.2. The Balaban J connectivity index is 1.69. The number of carbonyl (C=O) groups excluding carboxylic acids is 2. The Bertz CT molecular complexity index is 830. The first-order valence-corrected chi connectivity index (χ1v) is 9.18. The molecule has 0 aliphatic carbocycles. The molecule has 0 spiro atoms. The Morgan fingerprint density at radius 2 is 1.93 bits per heavy atom. The van der Waals surface area contributed by atoms with Gasteiger partial charge in [-0.1, -0.05) is 36.9 Å². The molecule has 0 aromatic heterocycles. The summed E-state index contributed by atoms with van der Waals surface area (Å²) in [5.74, 6) is -0.296. The highest BCUT2D eigenvalue weighted by Gasteiger charge is 2.22. The summed E-state index contributed by atoms with van der Waals surface area (Å²) in [5, 5.41) is 5.90. The minimum Gasteiger partial charge on any atom is -0.374 e. The van der Waals surface area contributed by atoms with Crippen molar-refractivity contribution in [3.8, 4) is 0 Å². The maximum absolute atomic E-state index is 12.7. The smallest absolute Gasteiger partial charge is 0.251 e. The van der Waals surface area contributed by atoms with Gasteiger partial charge in [0.05, 0.1) is 6.04 Å². The lowest BCUT2D eigenvalue weighted by Crippen LogP contribution is -2.28. The van der Waals surface area contributed by atoms with E-state index in [-0.39, 0.29) is 17.9 Å². The zero-order valence-corrected chi connectivity index (χ0v) is 15.6. The van der Waals surface area contributed by atoms with E-state index < -0.39 is 0 Å². The van der Waals surface area contributed by atoms with E-state index in [1.54, 1.807) is 12.1 Å². The fourth-order valence-electron chi connectivity index (χ4n) is 3.37. The molecule has 1 unspecified atom stereocenters. The highest BCUT2D eigenvalue weighted by molar-refractivity contribution is 5.94. The number of para-hydroxylation sites is 1. The van der Waals surface area contributed by atoms with E-state index in [9.17, 15) is 9.59 Å². The number of nitrogens with zero attached hydrogens (tertiary/aromatic N) is 1. The average molecular weight is 363 g/mol. The van der Waals surface area contributed by atoms with Gasteiger partial charge in [0, 0.05) is 31.4 Å². The number of hydrogen-bond donors (Lipinski definition) is 2. The topological polar surface area (TPSA) is 61.4 Å². The molecule has 0 bridgehead atoms. The molecule has 1 heterocycles. The summed E-state index contributed by atoms with van der Waals surface area (Å²) >= 11 is 0. The van der Waals surface area contributed by atoms with Gasteiger partial charge in [-0.25, -0.2) is 0 Å². The van der Waals surface area contributed by atoms with E-state index in [0.717, 1.165) is 30.5 Å². The van der Waals surface area contributed by atoms with E-state index in [1.165, 1.54) is 11.8 Å². The van der Waals surface area contributed by atoms with Crippen LogP contribution in [0.4, 0.5) is 5.69 Å². The van der Waals surface area contributed by atoms with E-state index in [4.69, 9.17) is 0 Å². The van der Waals surface area contributed by atoms with Crippen LogP contribution < -0.4 is 15.5 Å². The van der Waals surface area contributed by atoms with Crippen LogP contribution in [0.1, 0.15) is 40.4 Å². The molecular formula is C22H25N3O2. The third kappa shape index (κ3) is 4.56. The van der Waals surface area contributed by atoms with Gasteiger partial charge >= 0.3 is 0 Å². The number of anilines is 1. The van der Waals surface area contributed by atoms with Gasteiger partial charge in [-0.2, -0.15) is 0 Å². The third-order valence-corrected chi connectivity index (χ3v) is 4.88. The molecule has 5 nitrogen and oxygen atoms in total. The zero-order valence-electron chi connectivity index (χ0n) is 15.6. The van der Waals surface area contributed by atoms with Gasteiger partial charge in [-0.3, -0.25) is 9.59 Å². The van der Waals surface area contributed by atoms with Crippen molar-refractivity contribution in [3.05, 3.63) is 77.9 Å². The molecule has 2 aromatic rings. The SMILES string of the molecule is C=CC(=O)NCc1ccc(C(=O)NC2CCCN(C)c3ccccc32)cc1. The van der Waals surface area contributed by atoms with Crippen LogP contribution in [-0.2, 0) is 11.3 Å². The number of amides is 2. The highest BCUT2D eigenvalue weighted by Crippen LogP contribution is 2.32. The van der Waals surface area contributed by atoms with Crippen LogP contribution in [0.15, 0.2) is 61.2 Å². The molecule has 1 atom stereocenters. The summed E-state index contributed by atoms with van der Waals surface area (Å²) in [6, 6.07) is 15.5. The Morgan fingerprint density at radius 1 is 1.19 bits per heavy atom. The summed E-state index contributed by atoms with van der Waals surface area (Å²) < 4.78 is 0. The molecule has 140 valence electrons. The van der Waals surface area contributed by atoms with Gasteiger partial charge in [-0.05, 0) is 48.2 Å². The standard InChI is InChI=1S/C22H25N3O2/c1-3-21(26)23-15-16-10-12-17(13-11-16)22(27)24-19-8-6-14-25(2)20-9-5-4-7-18(19)20/h3-5,7,9-13,19H,1,6,8,14-15H2,2H3,(H,23,26)(H,24,27). The van der Waals surface area contributed by atoms with E-state index in [1.807, 2.05) is 24.3 Å². The number of fused-ring (bicyclic) bond motifs is 1. The Kier molecular flexibility index (Phi) is 5.91. The fraction of sp³-hybridized carbons (Fsp3) is 0.273. The van der Waals surface area contributed by atoms with Crippen molar-refractivity contribution >= 4 is 17.5 Å². The second-order valence-electron chi connectivity index (χ2n) is 6.77. The van der Waals surface area contributed by atoms with Crippen molar-refractivity contribution < 1.29 is 9.59 Å². The number of carbonyl (C=O) groups is 2. The van der Waals surface area contributed by atoms with Gasteiger partial charge in [0.1, 0.15) is 0 Å². The van der Waals surface area contributed by atoms with E-state index in [2.05, 4.69) is 41.3 Å². The molecule has 0 saturated heterocycles. The molecule has 3 rings (SSSR count). The molecular weight excluding hydrogens is 338 g/mol. The monoisotopic (exact) mass is 363 g/mol. The molecule has 1 aliphatic rings. The first-order chi connectivity index (χ1) is 13.1. The van der Waals surface area contributed by atoms with Crippen LogP contribution in [0.3, 0.4) is 0 Å². The molecule has 0 radical (unpaired) electrons. The normalized spacial score (nSPS) is 16.0. The Labute approximate surface area is 160 Å². The lowest BCUT2D eigenvalue weighted by molar-refractivity contribution is -0.116. The number of hydrogen-bond acceptors (Lipinski definition) is 3. The fourth-order valence-corrected chi connectivity index (χ4v) is 3.37. The molecule has 0 saturated carbocycles. The van der Waals surface area contributed by atoms with Crippen LogP contribution in [-0.4, -0.2) is 25.4 Å². The molecule has 2 aromatic carbocycles. The minimum atomic E-state index is -0.214. The Hall–Kier alpha value is -3.08. The molecule has 2 amide bonds. The maximum Gasteiger partial charge on any atom is 0.251 e. The van der Waals surface area contributed by atoms with Crippen LogP contribution in [0.2, 0.25) is 0 Å². The van der Waals surface area contributed by atoms with Crippen LogP contribution in [0.25, 0.3) is 0 Å². The second-order valence-corrected chi connectivity index (χ2v) is 6.77. The number of rotatable bonds is 5. The van der Waals surface area contributed by atoms with E-state index >= 15 is 0 Å². The quantitative estimate of drug-likeness (QED) is 0.802. The van der Waals surface area contributed by atoms with Gasteiger partial charge in [0.2, 0.25) is 5.91 Å². The van der Waals surface area contributed by atoms with Crippen LogP contribution in [0, 0.1) is 0 Å². The predicted molar refractivity (Wildman–Crippen MR) is 108 cm³/mol. The summed E-state index contributed by atoms with van der Waals surface area (Å²) in [6.45, 7) is 4.82. The predicted octanol–water partition coefficient (Wildman–Crippen LogP) is 3.19. The second kappa shape index (κ2) is 8.54. The average Bonchev–Trinajstić information content (AvgIpc) is 2.86. The van der Waals surface area contributed by atoms with Crippen molar-refractivity contribution in [2.24, 2.45) is 0 Å². The summed E-state index contributed by atoms with van der Waals surface area (Å²) in [6.07, 6.45) is 3.18. The minimum absolute atomic E-state index is 0.00482. The lowest BCUT2D eigenvalue weighted by atomic mass is 10.0. The van der Waals surface area contributed by atoms with Crippen molar-refractivity contribution in [1.29, 1.82) is 0 Å². The van der Waals surface area contributed by atoms with Gasteiger partial charge < -0.3 is 15.5 Å². The molecule has 0 fully saturated rings. The molecule has 1 aliphatic heterocycles. The van der Waals surface area contributed by atoms with Crippen LogP contribution in [0.5, 0.6) is 0 Å². The van der Waals surface area contributed by atoms with Crippen molar-refractivity contribution in [2.45, 2.75) is 25.4 Å². The molecule has 2 N–H and O–H groups in total. The van der Waals surface area contributed by atoms with E-state index in [0.29, 0.717) is 12.1 Å². The summed E-state index contributed by atoms with van der Waals surface area (Å²) in [5.41, 5.74) is 3.88. The highest BCUT2D eigenvalue weighted by atomic mass is 16.2. The molecule has 5 heteroatoms. The largest absolute Gasteiger partial charge is 0.374 e. The van der Waals surface area contributed by atoms with Gasteiger partial charge in [0.25, 0.3) is 5.91 Å².